The van der Waals surface area contributed by atoms with E-state index in [1.807, 2.05) is 45.0 Å². The zero-order valence-electron chi connectivity index (χ0n) is 11.1. The highest BCUT2D eigenvalue weighted by Crippen LogP contribution is 2.18. The number of halogens is 1. The van der Waals surface area contributed by atoms with Gasteiger partial charge in [-0.1, -0.05) is 30.7 Å². The van der Waals surface area contributed by atoms with Gasteiger partial charge in [0, 0.05) is 11.1 Å². The van der Waals surface area contributed by atoms with Gasteiger partial charge >= 0.3 is 5.97 Å². The summed E-state index contributed by atoms with van der Waals surface area (Å²) in [4.78, 5) is 11.7. The average molecular weight is 270 g/mol. The maximum atomic E-state index is 11.7. The predicted molar refractivity (Wildman–Crippen MR) is 73.7 cm³/mol. The SMILES string of the molecule is CCOC(=O)C(CC)N[C@H](C)c1cccc(Cl)c1. The molecule has 0 radical (unpaired) electrons. The van der Waals surface area contributed by atoms with Crippen LogP contribution in [-0.4, -0.2) is 18.6 Å². The maximum absolute atomic E-state index is 11.7. The third-order valence-electron chi connectivity index (χ3n) is 2.78. The monoisotopic (exact) mass is 269 g/mol. The van der Waals surface area contributed by atoms with Crippen molar-refractivity contribution in [1.29, 1.82) is 0 Å². The van der Waals surface area contributed by atoms with Crippen LogP contribution < -0.4 is 5.32 Å². The number of hydrogen-bond acceptors (Lipinski definition) is 3. The van der Waals surface area contributed by atoms with Gasteiger partial charge in [0.1, 0.15) is 6.04 Å². The number of esters is 1. The Morgan fingerprint density at radius 3 is 2.72 bits per heavy atom. The van der Waals surface area contributed by atoms with E-state index in [1.54, 1.807) is 0 Å². The first kappa shape index (κ1) is 15.0. The maximum Gasteiger partial charge on any atom is 0.323 e. The van der Waals surface area contributed by atoms with E-state index in [1.165, 1.54) is 0 Å². The van der Waals surface area contributed by atoms with Crippen molar-refractivity contribution in [2.75, 3.05) is 6.61 Å². The van der Waals surface area contributed by atoms with E-state index in [4.69, 9.17) is 16.3 Å². The number of ether oxygens (including phenoxy) is 1. The molecular formula is C14H20ClNO2. The van der Waals surface area contributed by atoms with E-state index in [9.17, 15) is 4.79 Å². The molecule has 4 heteroatoms. The van der Waals surface area contributed by atoms with Gasteiger partial charge in [-0.25, -0.2) is 0 Å². The number of rotatable bonds is 6. The van der Waals surface area contributed by atoms with Crippen LogP contribution in [0.4, 0.5) is 0 Å². The lowest BCUT2D eigenvalue weighted by Crippen LogP contribution is -2.39. The van der Waals surface area contributed by atoms with Crippen molar-refractivity contribution in [1.82, 2.24) is 5.32 Å². The average Bonchev–Trinajstić information content (AvgIpc) is 2.35. The normalized spacial score (nSPS) is 14.0. The van der Waals surface area contributed by atoms with E-state index < -0.39 is 0 Å². The summed E-state index contributed by atoms with van der Waals surface area (Å²) in [5.74, 6) is -0.200. The van der Waals surface area contributed by atoms with E-state index in [0.29, 0.717) is 18.1 Å². The van der Waals surface area contributed by atoms with Crippen molar-refractivity contribution in [3.8, 4) is 0 Å². The number of hydrogen-bond donors (Lipinski definition) is 1. The second-order valence-corrected chi connectivity index (χ2v) is 4.59. The van der Waals surface area contributed by atoms with Crippen LogP contribution in [-0.2, 0) is 9.53 Å². The van der Waals surface area contributed by atoms with E-state index in [-0.39, 0.29) is 18.1 Å². The molecular weight excluding hydrogens is 250 g/mol. The van der Waals surface area contributed by atoms with E-state index in [0.717, 1.165) is 5.56 Å². The molecule has 1 aromatic rings. The van der Waals surface area contributed by atoms with Crippen LogP contribution in [0.15, 0.2) is 24.3 Å². The first-order valence-corrected chi connectivity index (χ1v) is 6.64. The molecule has 100 valence electrons. The van der Waals surface area contributed by atoms with Crippen LogP contribution in [0.3, 0.4) is 0 Å². The minimum Gasteiger partial charge on any atom is -0.465 e. The highest BCUT2D eigenvalue weighted by Gasteiger charge is 2.20. The smallest absolute Gasteiger partial charge is 0.323 e. The van der Waals surface area contributed by atoms with Gasteiger partial charge in [-0.05, 0) is 38.0 Å². The summed E-state index contributed by atoms with van der Waals surface area (Å²) in [5.41, 5.74) is 1.06. The zero-order valence-corrected chi connectivity index (χ0v) is 11.8. The third-order valence-corrected chi connectivity index (χ3v) is 3.01. The third kappa shape index (κ3) is 4.31. The summed E-state index contributed by atoms with van der Waals surface area (Å²) in [5, 5.41) is 3.96. The molecule has 0 aliphatic carbocycles. The van der Waals surface area contributed by atoms with Gasteiger partial charge in [0.25, 0.3) is 0 Å². The van der Waals surface area contributed by atoms with E-state index in [2.05, 4.69) is 5.32 Å². The highest BCUT2D eigenvalue weighted by atomic mass is 35.5. The molecule has 3 nitrogen and oxygen atoms in total. The fraction of sp³-hybridized carbons (Fsp3) is 0.500. The molecule has 0 saturated carbocycles. The Morgan fingerprint density at radius 2 is 2.17 bits per heavy atom. The van der Waals surface area contributed by atoms with Crippen molar-refractivity contribution in [2.45, 2.75) is 39.3 Å². The number of nitrogens with one attached hydrogen (secondary N) is 1. The summed E-state index contributed by atoms with van der Waals surface area (Å²) < 4.78 is 5.03. The molecule has 0 saturated heterocycles. The molecule has 0 aromatic heterocycles. The molecule has 1 unspecified atom stereocenters. The Hall–Kier alpha value is -1.06. The van der Waals surface area contributed by atoms with Crippen molar-refractivity contribution in [3.05, 3.63) is 34.9 Å². The molecule has 0 aliphatic rings. The first-order chi connectivity index (χ1) is 8.58. The number of benzene rings is 1. The van der Waals surface area contributed by atoms with Crippen molar-refractivity contribution >= 4 is 17.6 Å². The number of carbonyl (C=O) groups is 1. The van der Waals surface area contributed by atoms with Crippen LogP contribution >= 0.6 is 11.6 Å². The molecule has 2 atom stereocenters. The Bertz CT molecular complexity index is 395. The summed E-state index contributed by atoms with van der Waals surface area (Å²) in [7, 11) is 0. The summed E-state index contributed by atoms with van der Waals surface area (Å²) >= 11 is 5.95. The fourth-order valence-electron chi connectivity index (χ4n) is 1.77. The Balaban J connectivity index is 2.67. The Morgan fingerprint density at radius 1 is 1.44 bits per heavy atom. The molecule has 0 heterocycles. The Kier molecular flexibility index (Phi) is 6.16. The summed E-state index contributed by atoms with van der Waals surface area (Å²) in [6.07, 6.45) is 0.698. The molecule has 0 bridgehead atoms. The van der Waals surface area contributed by atoms with Crippen molar-refractivity contribution in [3.63, 3.8) is 0 Å². The van der Waals surface area contributed by atoms with Crippen LogP contribution in [0.2, 0.25) is 5.02 Å². The molecule has 1 N–H and O–H groups in total. The Labute approximate surface area is 113 Å². The largest absolute Gasteiger partial charge is 0.465 e. The van der Waals surface area contributed by atoms with Crippen LogP contribution in [0.1, 0.15) is 38.8 Å². The lowest BCUT2D eigenvalue weighted by atomic mass is 10.1. The minimum atomic E-state index is -0.279. The second-order valence-electron chi connectivity index (χ2n) is 4.16. The van der Waals surface area contributed by atoms with Gasteiger partial charge in [-0.2, -0.15) is 0 Å². The molecule has 1 rings (SSSR count). The second kappa shape index (κ2) is 7.39. The van der Waals surface area contributed by atoms with Gasteiger partial charge in [0.05, 0.1) is 6.61 Å². The van der Waals surface area contributed by atoms with Crippen LogP contribution in [0.5, 0.6) is 0 Å². The quantitative estimate of drug-likeness (QED) is 0.805. The predicted octanol–water partition coefficient (Wildman–Crippen LogP) is 3.33. The van der Waals surface area contributed by atoms with Crippen LogP contribution in [0.25, 0.3) is 0 Å². The van der Waals surface area contributed by atoms with E-state index >= 15 is 0 Å². The standard InChI is InChI=1S/C14H20ClNO2/c1-4-13(14(17)18-5-2)16-10(3)11-7-6-8-12(15)9-11/h6-10,13,16H,4-5H2,1-3H3/t10-,13?/m1/s1. The number of carbonyl (C=O) groups excluding carboxylic acids is 1. The van der Waals surface area contributed by atoms with Gasteiger partial charge in [-0.3, -0.25) is 10.1 Å². The topological polar surface area (TPSA) is 38.3 Å². The summed E-state index contributed by atoms with van der Waals surface area (Å²) in [6, 6.07) is 7.40. The molecule has 0 fully saturated rings. The first-order valence-electron chi connectivity index (χ1n) is 6.26. The van der Waals surface area contributed by atoms with Crippen LogP contribution in [0, 0.1) is 0 Å². The molecule has 18 heavy (non-hydrogen) atoms. The lowest BCUT2D eigenvalue weighted by Gasteiger charge is -2.21. The fourth-order valence-corrected chi connectivity index (χ4v) is 1.97. The van der Waals surface area contributed by atoms with Gasteiger partial charge < -0.3 is 4.74 Å². The van der Waals surface area contributed by atoms with Crippen molar-refractivity contribution < 1.29 is 9.53 Å². The molecule has 0 amide bonds. The highest BCUT2D eigenvalue weighted by molar-refractivity contribution is 6.30. The minimum absolute atomic E-state index is 0.0538. The van der Waals surface area contributed by atoms with Gasteiger partial charge in [0.15, 0.2) is 0 Å². The zero-order chi connectivity index (χ0) is 13.5. The molecule has 0 aliphatic heterocycles. The van der Waals surface area contributed by atoms with Crippen molar-refractivity contribution in [2.24, 2.45) is 0 Å². The molecule has 1 aromatic carbocycles. The lowest BCUT2D eigenvalue weighted by molar-refractivity contribution is -0.145. The summed E-state index contributed by atoms with van der Waals surface area (Å²) in [6.45, 7) is 6.18. The molecule has 0 spiro atoms. The van der Waals surface area contributed by atoms with Gasteiger partial charge in [-0.15, -0.1) is 0 Å². The van der Waals surface area contributed by atoms with Gasteiger partial charge in [0.2, 0.25) is 0 Å².